The topological polar surface area (TPSA) is 98.8 Å². The monoisotopic (exact) mass is 516 g/mol. The van der Waals surface area contributed by atoms with Crippen molar-refractivity contribution in [2.24, 2.45) is 11.8 Å². The Labute approximate surface area is 202 Å². The minimum Gasteiger partial charge on any atom is -0.347 e. The van der Waals surface area contributed by atoms with E-state index in [1.807, 2.05) is 0 Å². The van der Waals surface area contributed by atoms with Crippen molar-refractivity contribution in [3.8, 4) is 0 Å². The Morgan fingerprint density at radius 3 is 2.62 bits per heavy atom. The van der Waals surface area contributed by atoms with Gasteiger partial charge in [-0.15, -0.1) is 0 Å². The molecule has 186 valence electrons. The number of halogens is 3. The minimum atomic E-state index is -3.44. The normalized spacial score (nSPS) is 30.1. The van der Waals surface area contributed by atoms with E-state index in [1.165, 1.54) is 4.31 Å². The van der Waals surface area contributed by atoms with E-state index in [2.05, 4.69) is 10.6 Å². The highest BCUT2D eigenvalue weighted by Crippen LogP contribution is 2.49. The van der Waals surface area contributed by atoms with Crippen LogP contribution in [0.2, 0.25) is 5.02 Å². The fraction of sp³-hybridized carbons (Fsp3) is 0.636. The lowest BCUT2D eigenvalue weighted by Gasteiger charge is -2.36. The second-order valence-electron chi connectivity index (χ2n) is 9.80. The fourth-order valence-corrected chi connectivity index (χ4v) is 6.27. The predicted molar refractivity (Wildman–Crippen MR) is 120 cm³/mol. The van der Waals surface area contributed by atoms with Crippen LogP contribution in [0, 0.1) is 23.5 Å². The van der Waals surface area contributed by atoms with Crippen LogP contribution in [0.4, 0.5) is 8.78 Å². The lowest BCUT2D eigenvalue weighted by molar-refractivity contribution is -0.142. The molecule has 2 N–H and O–H groups in total. The molecule has 1 aromatic rings. The number of nitrogens with one attached hydrogen (secondary N) is 2. The first-order valence-corrected chi connectivity index (χ1v) is 13.7. The second-order valence-corrected chi connectivity index (χ2v) is 12.2. The summed E-state index contributed by atoms with van der Waals surface area (Å²) < 4.78 is 53.9. The second kappa shape index (κ2) is 8.69. The first kappa shape index (κ1) is 23.9. The van der Waals surface area contributed by atoms with E-state index >= 15 is 0 Å². The highest BCUT2D eigenvalue weighted by Gasteiger charge is 2.57. The highest BCUT2D eigenvalue weighted by atomic mass is 35.5. The molecule has 1 aromatic carbocycles. The van der Waals surface area contributed by atoms with Crippen LogP contribution in [0.5, 0.6) is 0 Å². The van der Waals surface area contributed by atoms with E-state index in [4.69, 9.17) is 11.6 Å². The van der Waals surface area contributed by atoms with Crippen LogP contribution in [0.3, 0.4) is 0 Å². The first-order valence-electron chi connectivity index (χ1n) is 11.5. The van der Waals surface area contributed by atoms with Gasteiger partial charge in [-0.2, -0.15) is 4.31 Å². The summed E-state index contributed by atoms with van der Waals surface area (Å²) in [5.41, 5.74) is 0.0523. The minimum absolute atomic E-state index is 0.0116. The molecule has 2 amide bonds. The van der Waals surface area contributed by atoms with Crippen molar-refractivity contribution in [3.63, 3.8) is 0 Å². The summed E-state index contributed by atoms with van der Waals surface area (Å²) in [6.45, 7) is 0.637. The Morgan fingerprint density at radius 1 is 1.21 bits per heavy atom. The Kier molecular flexibility index (Phi) is 6.11. The van der Waals surface area contributed by atoms with Gasteiger partial charge in [0.25, 0.3) is 0 Å². The maximum Gasteiger partial charge on any atom is 0.243 e. The first-order chi connectivity index (χ1) is 16.0. The molecule has 2 aliphatic carbocycles. The van der Waals surface area contributed by atoms with Crippen LogP contribution in [0.1, 0.15) is 37.3 Å². The zero-order valence-corrected chi connectivity index (χ0v) is 20.2. The van der Waals surface area contributed by atoms with Crippen LogP contribution in [0.25, 0.3) is 0 Å². The van der Waals surface area contributed by atoms with Gasteiger partial charge in [0.2, 0.25) is 21.8 Å². The maximum atomic E-state index is 14.6. The molecular weight excluding hydrogens is 490 g/mol. The number of carbonyl (C=O) groups excluding carboxylic acids is 2. The molecule has 2 saturated carbocycles. The Bertz CT molecular complexity index is 1130. The average Bonchev–Trinajstić information content (AvgIpc) is 3.72. The molecule has 4 aliphatic rings. The number of amides is 2. The van der Waals surface area contributed by atoms with E-state index in [-0.39, 0.29) is 47.5 Å². The summed E-state index contributed by atoms with van der Waals surface area (Å²) in [7, 11) is -3.44. The van der Waals surface area contributed by atoms with Crippen molar-refractivity contribution in [1.82, 2.24) is 19.8 Å². The van der Waals surface area contributed by atoms with Gasteiger partial charge < -0.3 is 15.5 Å². The number of piperidine rings is 1. The van der Waals surface area contributed by atoms with Gasteiger partial charge in [-0.05, 0) is 49.7 Å². The molecule has 2 heterocycles. The van der Waals surface area contributed by atoms with Crippen molar-refractivity contribution >= 4 is 33.4 Å². The molecule has 12 heteroatoms. The number of fused-ring (bicyclic) bond motifs is 1. The van der Waals surface area contributed by atoms with Crippen LogP contribution in [-0.2, 0) is 19.6 Å². The van der Waals surface area contributed by atoms with Gasteiger partial charge in [-0.25, -0.2) is 17.2 Å². The molecule has 8 nitrogen and oxygen atoms in total. The summed E-state index contributed by atoms with van der Waals surface area (Å²) in [5.74, 6) is -1.93. The van der Waals surface area contributed by atoms with E-state index in [0.717, 1.165) is 37.7 Å². The van der Waals surface area contributed by atoms with Gasteiger partial charge in [0.1, 0.15) is 23.7 Å². The Hall–Kier alpha value is -1.82. The van der Waals surface area contributed by atoms with Gasteiger partial charge >= 0.3 is 0 Å². The van der Waals surface area contributed by atoms with Crippen LogP contribution >= 0.6 is 11.6 Å². The summed E-state index contributed by atoms with van der Waals surface area (Å²) in [5, 5.41) is 5.63. The largest absolute Gasteiger partial charge is 0.347 e. The number of hydrogen-bond acceptors (Lipinski definition) is 5. The number of benzene rings is 1. The standard InChI is InChI=1S/C22H27ClF2N4O4S/c1-34(32,33)28-5-4-26-17(10-28)22(31)29-18-6-12(18)7-19(29)21(30)27-20(11-2-3-11)13-8-16(25)14(23)9-15(13)24/h8-9,11-12,17-20,26H,2-7,10H2,1H3,(H,27,30)/t12-,17+,18-,19-,20-/m1/s1. The molecule has 0 radical (unpaired) electrons. The smallest absolute Gasteiger partial charge is 0.243 e. The number of hydrogen-bond donors (Lipinski definition) is 2. The van der Waals surface area contributed by atoms with E-state index in [9.17, 15) is 26.8 Å². The van der Waals surface area contributed by atoms with E-state index in [1.54, 1.807) is 4.90 Å². The molecule has 2 saturated heterocycles. The van der Waals surface area contributed by atoms with Crippen LogP contribution in [0.15, 0.2) is 12.1 Å². The molecule has 0 unspecified atom stereocenters. The number of rotatable bonds is 6. The lowest BCUT2D eigenvalue weighted by Crippen LogP contribution is -2.61. The molecule has 5 rings (SSSR count). The maximum absolute atomic E-state index is 14.6. The number of carbonyl (C=O) groups is 2. The zero-order valence-electron chi connectivity index (χ0n) is 18.6. The summed E-state index contributed by atoms with van der Waals surface area (Å²) in [4.78, 5) is 28.3. The fourth-order valence-electron chi connectivity index (χ4n) is 5.28. The molecule has 4 fully saturated rings. The average molecular weight is 517 g/mol. The highest BCUT2D eigenvalue weighted by molar-refractivity contribution is 7.88. The number of likely N-dealkylation sites (tertiary alicyclic amines) is 1. The SMILES string of the molecule is CS(=O)(=O)N1CCN[C@H](C(=O)N2[C@@H](C(=O)N[C@@H](c3cc(F)c(Cl)cc3F)C3CC3)C[C@H]3C[C@H]32)C1. The summed E-state index contributed by atoms with van der Waals surface area (Å²) in [6.07, 6.45) is 3.97. The zero-order chi connectivity index (χ0) is 24.4. The van der Waals surface area contributed by atoms with Crippen LogP contribution < -0.4 is 10.6 Å². The van der Waals surface area contributed by atoms with Gasteiger partial charge in [-0.3, -0.25) is 9.59 Å². The molecule has 2 aliphatic heterocycles. The molecular formula is C22H27ClF2N4O4S. The number of sulfonamides is 1. The van der Waals surface area contributed by atoms with Gasteiger partial charge in [-0.1, -0.05) is 11.6 Å². The molecule has 0 spiro atoms. The van der Waals surface area contributed by atoms with Crippen molar-refractivity contribution < 1.29 is 26.8 Å². The van der Waals surface area contributed by atoms with E-state index in [0.29, 0.717) is 13.0 Å². The van der Waals surface area contributed by atoms with Gasteiger partial charge in [0.15, 0.2) is 0 Å². The number of piperazine rings is 1. The van der Waals surface area contributed by atoms with Crippen LogP contribution in [-0.4, -0.2) is 73.5 Å². The van der Waals surface area contributed by atoms with Crippen molar-refractivity contribution in [2.45, 2.75) is 49.9 Å². The Morgan fingerprint density at radius 2 is 1.94 bits per heavy atom. The van der Waals surface area contributed by atoms with Crippen molar-refractivity contribution in [3.05, 3.63) is 34.4 Å². The predicted octanol–water partition coefficient (Wildman–Crippen LogP) is 1.41. The van der Waals surface area contributed by atoms with E-state index < -0.39 is 45.7 Å². The Balaban J connectivity index is 1.33. The molecule has 0 bridgehead atoms. The van der Waals surface area contributed by atoms with Crippen molar-refractivity contribution in [1.29, 1.82) is 0 Å². The lowest BCUT2D eigenvalue weighted by atomic mass is 10.00. The van der Waals surface area contributed by atoms with Gasteiger partial charge in [0.05, 0.1) is 17.3 Å². The third kappa shape index (κ3) is 4.55. The summed E-state index contributed by atoms with van der Waals surface area (Å²) >= 11 is 5.69. The third-order valence-corrected chi connectivity index (χ3v) is 8.89. The number of nitrogens with zero attached hydrogens (tertiary/aromatic N) is 2. The van der Waals surface area contributed by atoms with Gasteiger partial charge in [0, 0.05) is 31.2 Å². The third-order valence-electron chi connectivity index (χ3n) is 7.33. The molecule has 0 aromatic heterocycles. The summed E-state index contributed by atoms with van der Waals surface area (Å²) in [6, 6.07) is -0.282. The molecule has 5 atom stereocenters. The van der Waals surface area contributed by atoms with Crippen molar-refractivity contribution in [2.75, 3.05) is 25.9 Å². The molecule has 34 heavy (non-hydrogen) atoms. The quantitative estimate of drug-likeness (QED) is 0.557.